The van der Waals surface area contributed by atoms with Gasteiger partial charge in [-0.3, -0.25) is 8.78 Å². The molecule has 0 saturated carbocycles. The van der Waals surface area contributed by atoms with Crippen LogP contribution in [0, 0.1) is 0 Å². The summed E-state index contributed by atoms with van der Waals surface area (Å²) in [5.74, 6) is 0.572. The molecule has 2 aromatic heterocycles. The van der Waals surface area contributed by atoms with Crippen molar-refractivity contribution in [3.05, 3.63) is 65.7 Å². The van der Waals surface area contributed by atoms with E-state index in [1.165, 1.54) is 6.20 Å². The van der Waals surface area contributed by atoms with Gasteiger partial charge in [0.05, 0.1) is 5.69 Å². The van der Waals surface area contributed by atoms with Crippen LogP contribution in [0.5, 0.6) is 0 Å². The number of pyridine rings is 1. The molecule has 2 heterocycles. The molecule has 0 spiro atoms. The van der Waals surface area contributed by atoms with E-state index in [0.29, 0.717) is 16.5 Å². The number of hydrogen-bond acceptors (Lipinski definition) is 4. The van der Waals surface area contributed by atoms with Gasteiger partial charge in [-0.15, -0.1) is 0 Å². The maximum absolute atomic E-state index is 10.7. The summed E-state index contributed by atoms with van der Waals surface area (Å²) in [4.78, 5) is 8.42. The topological polar surface area (TPSA) is 70.8 Å². The van der Waals surface area contributed by atoms with Crippen molar-refractivity contribution >= 4 is 22.7 Å². The Morgan fingerprint density at radius 3 is 2.55 bits per heavy atom. The van der Waals surface area contributed by atoms with E-state index in [-0.39, 0.29) is 5.75 Å². The first-order valence-corrected chi connectivity index (χ1v) is 8.07. The molecule has 1 aromatic carbocycles. The predicted octanol–water partition coefficient (Wildman–Crippen LogP) is 2.97. The summed E-state index contributed by atoms with van der Waals surface area (Å²) in [6.45, 7) is 0. The second-order valence-corrected chi connectivity index (χ2v) is 5.85. The highest BCUT2D eigenvalue weighted by Crippen LogP contribution is 2.28. The number of hydrogen-bond donors (Lipinski definition) is 0. The van der Waals surface area contributed by atoms with E-state index < -0.39 is 11.1 Å². The highest BCUT2D eigenvalue weighted by Gasteiger charge is 2.13. The van der Waals surface area contributed by atoms with Gasteiger partial charge in [0.2, 0.25) is 0 Å². The van der Waals surface area contributed by atoms with E-state index in [4.69, 9.17) is 11.6 Å². The van der Waals surface area contributed by atoms with Gasteiger partial charge in [-0.2, -0.15) is 0 Å². The SMILES string of the molecule is O=S([O-])Cc1ccc(-n2cnc(Cl)c2-c2ccccc2)nc1. The van der Waals surface area contributed by atoms with Crippen molar-refractivity contribution in [3.63, 3.8) is 0 Å². The Morgan fingerprint density at radius 1 is 1.14 bits per heavy atom. The molecule has 0 fully saturated rings. The predicted molar refractivity (Wildman–Crippen MR) is 84.4 cm³/mol. The molecule has 0 amide bonds. The maximum atomic E-state index is 10.7. The maximum Gasteiger partial charge on any atom is 0.155 e. The van der Waals surface area contributed by atoms with Crippen LogP contribution in [-0.2, 0) is 16.8 Å². The number of imidazole rings is 1. The lowest BCUT2D eigenvalue weighted by Gasteiger charge is -2.09. The molecule has 5 nitrogen and oxygen atoms in total. The van der Waals surface area contributed by atoms with Crippen molar-refractivity contribution in [3.8, 4) is 17.1 Å². The normalized spacial score (nSPS) is 12.3. The monoisotopic (exact) mass is 332 g/mol. The number of nitrogens with zero attached hydrogens (tertiary/aromatic N) is 3. The van der Waals surface area contributed by atoms with E-state index in [2.05, 4.69) is 9.97 Å². The molecular formula is C15H11ClN3O2S-. The zero-order valence-corrected chi connectivity index (χ0v) is 12.9. The minimum Gasteiger partial charge on any atom is -0.772 e. The fourth-order valence-corrected chi connectivity index (χ4v) is 2.82. The smallest absolute Gasteiger partial charge is 0.155 e. The molecule has 0 aliphatic rings. The molecule has 112 valence electrons. The molecule has 0 aliphatic carbocycles. The third kappa shape index (κ3) is 3.09. The lowest BCUT2D eigenvalue weighted by Crippen LogP contribution is -2.00. The Balaban J connectivity index is 2.01. The first kappa shape index (κ1) is 14.9. The van der Waals surface area contributed by atoms with Gasteiger partial charge in [0, 0.05) is 17.5 Å². The number of benzene rings is 1. The summed E-state index contributed by atoms with van der Waals surface area (Å²) in [5, 5.41) is 0.387. The van der Waals surface area contributed by atoms with Crippen molar-refractivity contribution < 1.29 is 8.76 Å². The molecule has 3 rings (SSSR count). The average molecular weight is 333 g/mol. The highest BCUT2D eigenvalue weighted by atomic mass is 35.5. The van der Waals surface area contributed by atoms with E-state index in [1.54, 1.807) is 23.0 Å². The molecule has 0 radical (unpaired) electrons. The summed E-state index contributed by atoms with van der Waals surface area (Å²) >= 11 is 4.06. The van der Waals surface area contributed by atoms with Crippen molar-refractivity contribution in [2.24, 2.45) is 0 Å². The lowest BCUT2D eigenvalue weighted by atomic mass is 10.1. The zero-order valence-electron chi connectivity index (χ0n) is 11.3. The standard InChI is InChI=1S/C15H12ClN3O2S/c16-15-14(12-4-2-1-3-5-12)19(10-18-15)13-7-6-11(8-17-13)9-22(20)21/h1-8,10H,9H2,(H,20,21)/p-1. The van der Waals surface area contributed by atoms with Crippen LogP contribution < -0.4 is 0 Å². The quantitative estimate of drug-likeness (QED) is 0.689. The largest absolute Gasteiger partial charge is 0.772 e. The van der Waals surface area contributed by atoms with Gasteiger partial charge in [0.25, 0.3) is 0 Å². The van der Waals surface area contributed by atoms with Gasteiger partial charge < -0.3 is 4.55 Å². The Hall–Kier alpha value is -2.02. The molecule has 0 bridgehead atoms. The van der Waals surface area contributed by atoms with Gasteiger partial charge in [-0.1, -0.05) is 59.1 Å². The molecule has 0 saturated heterocycles. The average Bonchev–Trinajstić information content (AvgIpc) is 2.90. The Morgan fingerprint density at radius 2 is 1.91 bits per heavy atom. The summed E-state index contributed by atoms with van der Waals surface area (Å²) < 4.78 is 23.2. The van der Waals surface area contributed by atoms with Crippen molar-refractivity contribution in [1.29, 1.82) is 0 Å². The van der Waals surface area contributed by atoms with Gasteiger partial charge in [0.15, 0.2) is 5.15 Å². The molecular weight excluding hydrogens is 322 g/mol. The van der Waals surface area contributed by atoms with Crippen LogP contribution in [0.25, 0.3) is 17.1 Å². The number of rotatable bonds is 4. The first-order chi connectivity index (χ1) is 10.6. The molecule has 0 N–H and O–H groups in total. The second kappa shape index (κ2) is 6.39. The van der Waals surface area contributed by atoms with Crippen LogP contribution in [0.4, 0.5) is 0 Å². The van der Waals surface area contributed by atoms with Gasteiger partial charge in [-0.05, 0) is 11.6 Å². The minimum atomic E-state index is -2.13. The fraction of sp³-hybridized carbons (Fsp3) is 0.0667. The van der Waals surface area contributed by atoms with Crippen molar-refractivity contribution in [1.82, 2.24) is 14.5 Å². The molecule has 1 unspecified atom stereocenters. The van der Waals surface area contributed by atoms with Gasteiger partial charge >= 0.3 is 0 Å². The van der Waals surface area contributed by atoms with Gasteiger partial charge in [0.1, 0.15) is 12.1 Å². The third-order valence-corrected chi connectivity index (χ3v) is 3.96. The van der Waals surface area contributed by atoms with Crippen LogP contribution in [-0.4, -0.2) is 23.3 Å². The van der Waals surface area contributed by atoms with Crippen LogP contribution in [0.1, 0.15) is 5.56 Å². The van der Waals surface area contributed by atoms with Crippen LogP contribution in [0.15, 0.2) is 55.0 Å². The van der Waals surface area contributed by atoms with E-state index in [9.17, 15) is 8.76 Å². The second-order valence-electron chi connectivity index (χ2n) is 4.59. The van der Waals surface area contributed by atoms with Crippen molar-refractivity contribution in [2.75, 3.05) is 0 Å². The summed E-state index contributed by atoms with van der Waals surface area (Å²) in [6, 6.07) is 13.1. The number of halogens is 1. The van der Waals surface area contributed by atoms with Crippen LogP contribution >= 0.6 is 11.6 Å². The lowest BCUT2D eigenvalue weighted by molar-refractivity contribution is 0.536. The van der Waals surface area contributed by atoms with Crippen molar-refractivity contribution in [2.45, 2.75) is 5.75 Å². The molecule has 7 heteroatoms. The van der Waals surface area contributed by atoms with Crippen LogP contribution in [0.2, 0.25) is 5.15 Å². The van der Waals surface area contributed by atoms with E-state index in [0.717, 1.165) is 11.3 Å². The van der Waals surface area contributed by atoms with Crippen LogP contribution in [0.3, 0.4) is 0 Å². The van der Waals surface area contributed by atoms with E-state index >= 15 is 0 Å². The first-order valence-electron chi connectivity index (χ1n) is 6.44. The Bertz CT molecular complexity index is 803. The number of aromatic nitrogens is 3. The highest BCUT2D eigenvalue weighted by molar-refractivity contribution is 7.78. The zero-order chi connectivity index (χ0) is 15.5. The van der Waals surface area contributed by atoms with E-state index in [1.807, 2.05) is 30.3 Å². The molecule has 1 atom stereocenters. The Labute approximate surface area is 134 Å². The third-order valence-electron chi connectivity index (χ3n) is 3.11. The summed E-state index contributed by atoms with van der Waals surface area (Å²) in [6.07, 6.45) is 3.13. The molecule has 22 heavy (non-hydrogen) atoms. The summed E-state index contributed by atoms with van der Waals surface area (Å²) in [7, 11) is 0. The fourth-order valence-electron chi connectivity index (χ4n) is 2.14. The summed E-state index contributed by atoms with van der Waals surface area (Å²) in [5.41, 5.74) is 2.30. The minimum absolute atomic E-state index is 0.0521. The molecule has 0 aliphatic heterocycles. The molecule has 3 aromatic rings. The van der Waals surface area contributed by atoms with Gasteiger partial charge in [-0.25, -0.2) is 9.97 Å². The Kier molecular flexibility index (Phi) is 4.33.